The third-order valence-corrected chi connectivity index (χ3v) is 5.13. The summed E-state index contributed by atoms with van der Waals surface area (Å²) in [6, 6.07) is 7.13. The van der Waals surface area contributed by atoms with Gasteiger partial charge < -0.3 is 14.7 Å². The summed E-state index contributed by atoms with van der Waals surface area (Å²) in [5, 5.41) is 10.9. The van der Waals surface area contributed by atoms with E-state index >= 15 is 0 Å². The van der Waals surface area contributed by atoms with Crippen LogP contribution in [-0.2, 0) is 11.3 Å². The predicted molar refractivity (Wildman–Crippen MR) is 94.6 cm³/mol. The van der Waals surface area contributed by atoms with Crippen molar-refractivity contribution >= 4 is 17.5 Å². The molecule has 1 N–H and O–H groups in total. The number of phenolic OH excluding ortho intramolecular Hbond substituents is 1. The lowest BCUT2D eigenvalue weighted by Gasteiger charge is -2.30. The molecular weight excluding hydrogens is 340 g/mol. The van der Waals surface area contributed by atoms with Crippen molar-refractivity contribution in [1.82, 2.24) is 9.88 Å². The molecule has 6 heteroatoms. The molecule has 1 fully saturated rings. The maximum atomic E-state index is 12.6. The first kappa shape index (κ1) is 16.2. The van der Waals surface area contributed by atoms with Crippen LogP contribution in [0.15, 0.2) is 30.5 Å². The minimum Gasteiger partial charge on any atom is -0.504 e. The van der Waals surface area contributed by atoms with Gasteiger partial charge in [-0.05, 0) is 37.1 Å². The molecule has 130 valence electrons. The van der Waals surface area contributed by atoms with Crippen LogP contribution in [0.25, 0.3) is 11.3 Å². The van der Waals surface area contributed by atoms with E-state index in [1.165, 1.54) is 0 Å². The van der Waals surface area contributed by atoms with Crippen LogP contribution in [0.1, 0.15) is 24.8 Å². The van der Waals surface area contributed by atoms with Crippen LogP contribution < -0.4 is 4.74 Å². The van der Waals surface area contributed by atoms with E-state index in [0.29, 0.717) is 36.2 Å². The molecule has 2 aliphatic rings. The van der Waals surface area contributed by atoms with Gasteiger partial charge in [0.1, 0.15) is 6.61 Å². The molecule has 0 saturated heterocycles. The van der Waals surface area contributed by atoms with Crippen LogP contribution >= 0.6 is 11.6 Å². The van der Waals surface area contributed by atoms with Gasteiger partial charge in [-0.25, -0.2) is 0 Å². The zero-order chi connectivity index (χ0) is 17.4. The largest absolute Gasteiger partial charge is 0.504 e. The third kappa shape index (κ3) is 3.16. The van der Waals surface area contributed by atoms with Gasteiger partial charge in [0.25, 0.3) is 0 Å². The fraction of sp³-hybridized carbons (Fsp3) is 0.368. The first-order valence-corrected chi connectivity index (χ1v) is 8.89. The zero-order valence-corrected chi connectivity index (χ0v) is 14.5. The highest BCUT2D eigenvalue weighted by Crippen LogP contribution is 2.38. The van der Waals surface area contributed by atoms with Crippen LogP contribution in [0.3, 0.4) is 0 Å². The number of amides is 1. The van der Waals surface area contributed by atoms with E-state index in [9.17, 15) is 9.90 Å². The number of fused-ring (bicyclic) bond motifs is 1. The van der Waals surface area contributed by atoms with E-state index in [1.807, 2.05) is 11.0 Å². The van der Waals surface area contributed by atoms with Gasteiger partial charge in [-0.3, -0.25) is 9.78 Å². The van der Waals surface area contributed by atoms with Gasteiger partial charge in [-0.1, -0.05) is 18.0 Å². The summed E-state index contributed by atoms with van der Waals surface area (Å²) in [5.41, 5.74) is 2.29. The van der Waals surface area contributed by atoms with E-state index in [1.54, 1.807) is 24.4 Å². The Morgan fingerprint density at radius 1 is 1.32 bits per heavy atom. The molecule has 25 heavy (non-hydrogen) atoms. The second-order valence-corrected chi connectivity index (χ2v) is 7.02. The average Bonchev–Trinajstić information content (AvgIpc) is 2.76. The van der Waals surface area contributed by atoms with E-state index in [-0.39, 0.29) is 17.6 Å². The maximum absolute atomic E-state index is 12.6. The highest BCUT2D eigenvalue weighted by atomic mass is 35.5. The maximum Gasteiger partial charge on any atom is 0.226 e. The van der Waals surface area contributed by atoms with Crippen LogP contribution in [0, 0.1) is 5.92 Å². The second kappa shape index (κ2) is 6.56. The van der Waals surface area contributed by atoms with Crippen molar-refractivity contribution in [3.63, 3.8) is 0 Å². The number of nitrogens with zero attached hydrogens (tertiary/aromatic N) is 2. The Bertz CT molecular complexity index is 803. The molecule has 2 heterocycles. The highest BCUT2D eigenvalue weighted by molar-refractivity contribution is 6.30. The minimum absolute atomic E-state index is 0.0715. The van der Waals surface area contributed by atoms with Crippen LogP contribution in [0.4, 0.5) is 0 Å². The third-order valence-electron chi connectivity index (χ3n) is 4.90. The summed E-state index contributed by atoms with van der Waals surface area (Å²) in [7, 11) is 0. The number of benzene rings is 1. The molecule has 4 rings (SSSR count). The number of hydrogen-bond acceptors (Lipinski definition) is 4. The minimum atomic E-state index is 0.0715. The smallest absolute Gasteiger partial charge is 0.226 e. The molecule has 1 aromatic carbocycles. The summed E-state index contributed by atoms with van der Waals surface area (Å²) in [6.07, 6.45) is 4.65. The average molecular weight is 359 g/mol. The lowest BCUT2D eigenvalue weighted by Crippen LogP contribution is -2.39. The van der Waals surface area contributed by atoms with E-state index < -0.39 is 0 Å². The second-order valence-electron chi connectivity index (χ2n) is 6.58. The number of aromatic hydroxyl groups is 1. The molecule has 0 radical (unpaired) electrons. The number of halogens is 1. The SMILES string of the molecule is O=C(C1CCC1)N1CCOc2c(O)cc(-c3ccc(Cl)cn3)cc2C1. The lowest BCUT2D eigenvalue weighted by atomic mass is 9.84. The van der Waals surface area contributed by atoms with Gasteiger partial charge in [0.2, 0.25) is 5.91 Å². The Morgan fingerprint density at radius 3 is 2.84 bits per heavy atom. The van der Waals surface area contributed by atoms with E-state index in [2.05, 4.69) is 4.98 Å². The fourth-order valence-corrected chi connectivity index (χ4v) is 3.41. The van der Waals surface area contributed by atoms with E-state index in [0.717, 1.165) is 30.4 Å². The fourth-order valence-electron chi connectivity index (χ4n) is 3.29. The molecular formula is C19H19ClN2O3. The van der Waals surface area contributed by atoms with Gasteiger partial charge >= 0.3 is 0 Å². The molecule has 2 aromatic rings. The number of rotatable bonds is 2. The van der Waals surface area contributed by atoms with Crippen molar-refractivity contribution in [3.05, 3.63) is 41.0 Å². The Labute approximate surface area is 151 Å². The molecule has 1 aliphatic heterocycles. The first-order valence-electron chi connectivity index (χ1n) is 8.51. The summed E-state index contributed by atoms with van der Waals surface area (Å²) < 4.78 is 5.72. The molecule has 0 unspecified atom stereocenters. The zero-order valence-electron chi connectivity index (χ0n) is 13.7. The Balaban J connectivity index is 1.66. The van der Waals surface area contributed by atoms with Crippen molar-refractivity contribution < 1.29 is 14.6 Å². The topological polar surface area (TPSA) is 62.7 Å². The first-order chi connectivity index (χ1) is 12.1. The van der Waals surface area contributed by atoms with Crippen molar-refractivity contribution in [2.24, 2.45) is 5.92 Å². The molecule has 5 nitrogen and oxygen atoms in total. The van der Waals surface area contributed by atoms with Crippen molar-refractivity contribution in [3.8, 4) is 22.8 Å². The molecule has 1 aromatic heterocycles. The Hall–Kier alpha value is -2.27. The number of carbonyl (C=O) groups is 1. The van der Waals surface area contributed by atoms with Crippen LogP contribution in [0.5, 0.6) is 11.5 Å². The summed E-state index contributed by atoms with van der Waals surface area (Å²) in [5.74, 6) is 0.872. The number of carbonyl (C=O) groups excluding carboxylic acids is 1. The normalized spacial score (nSPS) is 17.2. The monoisotopic (exact) mass is 358 g/mol. The van der Waals surface area contributed by atoms with Crippen LogP contribution in [-0.4, -0.2) is 34.0 Å². The Morgan fingerprint density at radius 2 is 2.16 bits per heavy atom. The predicted octanol–water partition coefficient (Wildman–Crippen LogP) is 3.63. The van der Waals surface area contributed by atoms with Crippen LogP contribution in [0.2, 0.25) is 5.02 Å². The van der Waals surface area contributed by atoms with Crippen molar-refractivity contribution in [2.75, 3.05) is 13.2 Å². The van der Waals surface area contributed by atoms with Gasteiger partial charge in [0.15, 0.2) is 11.5 Å². The van der Waals surface area contributed by atoms with Gasteiger partial charge in [0, 0.05) is 29.8 Å². The number of aromatic nitrogens is 1. The number of hydrogen-bond donors (Lipinski definition) is 1. The van der Waals surface area contributed by atoms with Gasteiger partial charge in [-0.2, -0.15) is 0 Å². The van der Waals surface area contributed by atoms with Gasteiger partial charge in [-0.15, -0.1) is 0 Å². The molecule has 1 amide bonds. The summed E-state index contributed by atoms with van der Waals surface area (Å²) in [4.78, 5) is 18.7. The summed E-state index contributed by atoms with van der Waals surface area (Å²) in [6.45, 7) is 1.37. The quantitative estimate of drug-likeness (QED) is 0.890. The number of ether oxygens (including phenoxy) is 1. The Kier molecular flexibility index (Phi) is 4.25. The summed E-state index contributed by atoms with van der Waals surface area (Å²) >= 11 is 5.89. The van der Waals surface area contributed by atoms with Crippen molar-refractivity contribution in [1.29, 1.82) is 0 Å². The van der Waals surface area contributed by atoms with Crippen molar-refractivity contribution in [2.45, 2.75) is 25.8 Å². The number of phenols is 1. The molecule has 1 saturated carbocycles. The van der Waals surface area contributed by atoms with Gasteiger partial charge in [0.05, 0.1) is 17.3 Å². The van der Waals surface area contributed by atoms with E-state index in [4.69, 9.17) is 16.3 Å². The molecule has 0 atom stereocenters. The highest BCUT2D eigenvalue weighted by Gasteiger charge is 2.31. The molecule has 0 bridgehead atoms. The number of pyridine rings is 1. The standard InChI is InChI=1S/C19H19ClN2O3/c20-15-4-5-16(21-10-15)13-8-14-11-22(19(24)12-2-1-3-12)6-7-25-18(14)17(23)9-13/h4-5,8-10,12,23H,1-3,6-7,11H2. The lowest BCUT2D eigenvalue weighted by molar-refractivity contribution is -0.138. The molecule has 0 spiro atoms. The molecule has 1 aliphatic carbocycles.